The Labute approximate surface area is 138 Å². The van der Waals surface area contributed by atoms with Crippen molar-refractivity contribution in [1.82, 2.24) is 4.90 Å². The van der Waals surface area contributed by atoms with E-state index in [0.717, 1.165) is 42.9 Å². The first-order valence-corrected chi connectivity index (χ1v) is 8.60. The molecule has 3 rings (SSSR count). The van der Waals surface area contributed by atoms with Crippen LogP contribution in [0, 0.1) is 11.8 Å². The summed E-state index contributed by atoms with van der Waals surface area (Å²) in [6.07, 6.45) is 2.10. The lowest BCUT2D eigenvalue weighted by molar-refractivity contribution is -0.116. The number of hydrogen-bond donors (Lipinski definition) is 0. The lowest BCUT2D eigenvalue weighted by Crippen LogP contribution is -2.41. The van der Waals surface area contributed by atoms with Crippen LogP contribution in [0.25, 0.3) is 0 Å². The number of rotatable bonds is 3. The van der Waals surface area contributed by atoms with Crippen molar-refractivity contribution in [2.45, 2.75) is 33.6 Å². The Morgan fingerprint density at radius 1 is 1.17 bits per heavy atom. The molecule has 0 radical (unpaired) electrons. The van der Waals surface area contributed by atoms with Crippen LogP contribution in [0.4, 0.5) is 5.69 Å². The summed E-state index contributed by atoms with van der Waals surface area (Å²) in [5.74, 6) is 1.58. The highest BCUT2D eigenvalue weighted by atomic mass is 16.2. The summed E-state index contributed by atoms with van der Waals surface area (Å²) in [5.41, 5.74) is 2.86. The lowest BCUT2D eigenvalue weighted by atomic mass is 9.91. The van der Waals surface area contributed by atoms with E-state index in [9.17, 15) is 9.59 Å². The summed E-state index contributed by atoms with van der Waals surface area (Å²) in [6.45, 7) is 9.37. The number of Topliss-reactive ketones (excluding diaryl/α,β-unsaturated/α-hetero) is 1. The monoisotopic (exact) mass is 314 g/mol. The van der Waals surface area contributed by atoms with Crippen molar-refractivity contribution in [2.24, 2.45) is 11.8 Å². The molecule has 1 fully saturated rings. The van der Waals surface area contributed by atoms with Gasteiger partial charge >= 0.3 is 0 Å². The molecule has 0 saturated carbocycles. The first kappa shape index (κ1) is 16.2. The van der Waals surface area contributed by atoms with Crippen molar-refractivity contribution in [3.8, 4) is 0 Å². The van der Waals surface area contributed by atoms with Crippen LogP contribution in [-0.4, -0.2) is 42.8 Å². The molecule has 0 bridgehead atoms. The van der Waals surface area contributed by atoms with Gasteiger partial charge in [0.2, 0.25) is 5.91 Å². The highest BCUT2D eigenvalue weighted by Gasteiger charge is 2.26. The highest BCUT2D eigenvalue weighted by molar-refractivity contribution is 6.00. The number of nitrogens with zero attached hydrogens (tertiary/aromatic N) is 2. The minimum absolute atomic E-state index is 0.0686. The molecule has 0 spiro atoms. The Hall–Kier alpha value is -1.68. The van der Waals surface area contributed by atoms with Gasteiger partial charge in [0.05, 0.1) is 6.54 Å². The summed E-state index contributed by atoms with van der Waals surface area (Å²) < 4.78 is 0. The molecular formula is C19H26N2O2. The summed E-state index contributed by atoms with van der Waals surface area (Å²) in [5, 5.41) is 0. The zero-order valence-corrected chi connectivity index (χ0v) is 14.3. The Morgan fingerprint density at radius 3 is 2.52 bits per heavy atom. The fraction of sp³-hybridized carbons (Fsp3) is 0.579. The molecule has 0 N–H and O–H groups in total. The van der Waals surface area contributed by atoms with E-state index < -0.39 is 0 Å². The van der Waals surface area contributed by atoms with Crippen LogP contribution in [-0.2, 0) is 11.2 Å². The third kappa shape index (κ3) is 3.47. The molecule has 0 aromatic heterocycles. The number of anilines is 1. The van der Waals surface area contributed by atoms with Crippen LogP contribution in [0.2, 0.25) is 0 Å². The van der Waals surface area contributed by atoms with Gasteiger partial charge in [-0.3, -0.25) is 14.5 Å². The molecule has 4 heteroatoms. The average Bonchev–Trinajstić information content (AvgIpc) is 2.89. The minimum Gasteiger partial charge on any atom is -0.312 e. The van der Waals surface area contributed by atoms with Gasteiger partial charge in [-0.15, -0.1) is 0 Å². The average molecular weight is 314 g/mol. The Kier molecular flexibility index (Phi) is 4.53. The molecule has 23 heavy (non-hydrogen) atoms. The van der Waals surface area contributed by atoms with Gasteiger partial charge in [0.15, 0.2) is 5.78 Å². The highest BCUT2D eigenvalue weighted by Crippen LogP contribution is 2.29. The summed E-state index contributed by atoms with van der Waals surface area (Å²) in [6, 6.07) is 5.79. The number of hydrogen-bond acceptors (Lipinski definition) is 3. The molecule has 1 amide bonds. The zero-order valence-electron chi connectivity index (χ0n) is 14.3. The van der Waals surface area contributed by atoms with E-state index in [1.807, 2.05) is 18.2 Å². The number of benzene rings is 1. The van der Waals surface area contributed by atoms with Crippen LogP contribution in [0.5, 0.6) is 0 Å². The standard InChI is InChI=1S/C19H26N2O2/c1-13-8-14(2)11-20(10-13)12-19(23)17-4-5-18-16(9-17)6-7-21(18)15(3)22/h4-5,9,13-14H,6-8,10-12H2,1-3H3. The lowest BCUT2D eigenvalue weighted by Gasteiger charge is -2.34. The molecule has 2 heterocycles. The van der Waals surface area contributed by atoms with E-state index in [-0.39, 0.29) is 11.7 Å². The molecule has 2 aliphatic heterocycles. The third-order valence-corrected chi connectivity index (χ3v) is 4.99. The SMILES string of the molecule is CC(=O)N1CCc2cc(C(=O)CN3CC(C)CC(C)C3)ccc21. The Balaban J connectivity index is 1.70. The van der Waals surface area contributed by atoms with Crippen molar-refractivity contribution in [3.63, 3.8) is 0 Å². The molecule has 2 aliphatic rings. The van der Waals surface area contributed by atoms with Crippen LogP contribution < -0.4 is 4.90 Å². The minimum atomic E-state index is 0.0686. The van der Waals surface area contributed by atoms with Gasteiger partial charge in [0.25, 0.3) is 0 Å². The van der Waals surface area contributed by atoms with Crippen LogP contribution in [0.1, 0.15) is 43.1 Å². The largest absolute Gasteiger partial charge is 0.312 e. The van der Waals surface area contributed by atoms with E-state index in [0.29, 0.717) is 18.4 Å². The number of ketones is 1. The van der Waals surface area contributed by atoms with E-state index in [1.54, 1.807) is 11.8 Å². The van der Waals surface area contributed by atoms with E-state index >= 15 is 0 Å². The van der Waals surface area contributed by atoms with Gasteiger partial charge in [-0.05, 0) is 48.4 Å². The first-order chi connectivity index (χ1) is 10.9. The number of amides is 1. The Bertz CT molecular complexity index is 616. The van der Waals surface area contributed by atoms with Gasteiger partial charge in [-0.1, -0.05) is 13.8 Å². The molecular weight excluding hydrogens is 288 g/mol. The molecule has 4 nitrogen and oxygen atoms in total. The molecule has 124 valence electrons. The smallest absolute Gasteiger partial charge is 0.223 e. The third-order valence-electron chi connectivity index (χ3n) is 4.99. The van der Waals surface area contributed by atoms with Gasteiger partial charge in [0.1, 0.15) is 0 Å². The maximum Gasteiger partial charge on any atom is 0.223 e. The molecule has 1 saturated heterocycles. The summed E-state index contributed by atoms with van der Waals surface area (Å²) in [4.78, 5) is 28.3. The zero-order chi connectivity index (χ0) is 16.6. The second kappa shape index (κ2) is 6.44. The van der Waals surface area contributed by atoms with Crippen molar-refractivity contribution >= 4 is 17.4 Å². The number of piperidine rings is 1. The van der Waals surface area contributed by atoms with Crippen LogP contribution in [0.3, 0.4) is 0 Å². The second-order valence-corrected chi connectivity index (χ2v) is 7.33. The molecule has 0 aliphatic carbocycles. The number of likely N-dealkylation sites (tertiary alicyclic amines) is 1. The van der Waals surface area contributed by atoms with E-state index in [4.69, 9.17) is 0 Å². The first-order valence-electron chi connectivity index (χ1n) is 8.60. The molecule has 1 aromatic carbocycles. The van der Waals surface area contributed by atoms with Crippen LogP contribution >= 0.6 is 0 Å². The van der Waals surface area contributed by atoms with Crippen molar-refractivity contribution in [3.05, 3.63) is 29.3 Å². The predicted molar refractivity (Wildman–Crippen MR) is 91.9 cm³/mol. The number of carbonyl (C=O) groups is 2. The summed E-state index contributed by atoms with van der Waals surface area (Å²) in [7, 11) is 0. The Morgan fingerprint density at radius 2 is 1.87 bits per heavy atom. The van der Waals surface area contributed by atoms with Crippen molar-refractivity contribution in [2.75, 3.05) is 31.1 Å². The van der Waals surface area contributed by atoms with E-state index in [2.05, 4.69) is 18.7 Å². The maximum absolute atomic E-state index is 12.6. The number of carbonyl (C=O) groups excluding carboxylic acids is 2. The predicted octanol–water partition coefficient (Wildman–Crippen LogP) is 2.76. The molecule has 1 aromatic rings. The second-order valence-electron chi connectivity index (χ2n) is 7.33. The van der Waals surface area contributed by atoms with Gasteiger partial charge < -0.3 is 4.90 Å². The summed E-state index contributed by atoms with van der Waals surface area (Å²) >= 11 is 0. The van der Waals surface area contributed by atoms with Gasteiger partial charge in [-0.25, -0.2) is 0 Å². The molecule has 2 atom stereocenters. The van der Waals surface area contributed by atoms with E-state index in [1.165, 1.54) is 6.42 Å². The quantitative estimate of drug-likeness (QED) is 0.806. The number of fused-ring (bicyclic) bond motifs is 1. The van der Waals surface area contributed by atoms with Crippen molar-refractivity contribution < 1.29 is 9.59 Å². The topological polar surface area (TPSA) is 40.6 Å². The molecule has 2 unspecified atom stereocenters. The normalized spacial score (nSPS) is 24.6. The van der Waals surface area contributed by atoms with Crippen molar-refractivity contribution in [1.29, 1.82) is 0 Å². The van der Waals surface area contributed by atoms with Crippen LogP contribution in [0.15, 0.2) is 18.2 Å². The fourth-order valence-corrected chi connectivity index (χ4v) is 4.12. The fourth-order valence-electron chi connectivity index (χ4n) is 4.12. The van der Waals surface area contributed by atoms with Gasteiger partial charge in [0, 0.05) is 37.8 Å². The van der Waals surface area contributed by atoms with Gasteiger partial charge in [-0.2, -0.15) is 0 Å². The maximum atomic E-state index is 12.6.